The monoisotopic (exact) mass is 198 g/mol. The molecule has 0 aromatic heterocycles. The molecule has 0 aromatic carbocycles. The van der Waals surface area contributed by atoms with Crippen LogP contribution in [0.15, 0.2) is 12.3 Å². The van der Waals surface area contributed by atoms with Gasteiger partial charge in [0, 0.05) is 12.5 Å². The molecule has 2 nitrogen and oxygen atoms in total. The summed E-state index contributed by atoms with van der Waals surface area (Å²) < 4.78 is 0. The van der Waals surface area contributed by atoms with E-state index >= 15 is 0 Å². The van der Waals surface area contributed by atoms with Crippen LogP contribution in [-0.2, 0) is 4.79 Å². The van der Waals surface area contributed by atoms with Gasteiger partial charge in [0.25, 0.3) is 0 Å². The number of aliphatic hydroxyl groups is 1. The summed E-state index contributed by atoms with van der Waals surface area (Å²) in [6.45, 7) is 2.21. The zero-order valence-electron chi connectivity index (χ0n) is 9.17. The minimum absolute atomic E-state index is 0.0288. The first-order valence-electron chi connectivity index (χ1n) is 5.64. The van der Waals surface area contributed by atoms with Crippen LogP contribution in [0, 0.1) is 0 Å². The predicted octanol–water partition coefficient (Wildman–Crippen LogP) is 3.77. The molecule has 0 aliphatic rings. The van der Waals surface area contributed by atoms with Gasteiger partial charge in [0.1, 0.15) is 0 Å². The molecular weight excluding hydrogens is 176 g/mol. The third-order valence-corrected chi connectivity index (χ3v) is 2.29. The van der Waals surface area contributed by atoms with Crippen molar-refractivity contribution >= 4 is 5.78 Å². The zero-order chi connectivity index (χ0) is 10.6. The Bertz CT molecular complexity index is 162. The molecule has 0 saturated carbocycles. The lowest BCUT2D eigenvalue weighted by atomic mass is 10.1. The van der Waals surface area contributed by atoms with Crippen LogP contribution in [0.1, 0.15) is 58.3 Å². The molecule has 0 rings (SSSR count). The predicted molar refractivity (Wildman–Crippen MR) is 59.4 cm³/mol. The van der Waals surface area contributed by atoms with E-state index in [4.69, 9.17) is 5.11 Å². The van der Waals surface area contributed by atoms with Gasteiger partial charge in [-0.05, 0) is 6.42 Å². The SMILES string of the molecule is CCCCCCCCCC(=O)C=CO. The van der Waals surface area contributed by atoms with Crippen LogP contribution in [-0.4, -0.2) is 10.9 Å². The van der Waals surface area contributed by atoms with E-state index in [1.807, 2.05) is 0 Å². The fourth-order valence-corrected chi connectivity index (χ4v) is 1.42. The van der Waals surface area contributed by atoms with Gasteiger partial charge in [0.2, 0.25) is 0 Å². The van der Waals surface area contributed by atoms with E-state index in [9.17, 15) is 4.79 Å². The molecule has 14 heavy (non-hydrogen) atoms. The molecule has 0 aromatic rings. The Kier molecular flexibility index (Phi) is 9.71. The van der Waals surface area contributed by atoms with Gasteiger partial charge in [-0.1, -0.05) is 45.4 Å². The maximum absolute atomic E-state index is 10.9. The van der Waals surface area contributed by atoms with Gasteiger partial charge >= 0.3 is 0 Å². The Morgan fingerprint density at radius 3 is 2.21 bits per heavy atom. The lowest BCUT2D eigenvalue weighted by molar-refractivity contribution is -0.114. The van der Waals surface area contributed by atoms with Gasteiger partial charge in [-0.2, -0.15) is 0 Å². The maximum Gasteiger partial charge on any atom is 0.158 e. The number of ketones is 1. The quantitative estimate of drug-likeness (QED) is 0.348. The fraction of sp³-hybridized carbons (Fsp3) is 0.750. The molecule has 82 valence electrons. The van der Waals surface area contributed by atoms with Crippen LogP contribution in [0.2, 0.25) is 0 Å². The van der Waals surface area contributed by atoms with Crippen molar-refractivity contribution in [1.82, 2.24) is 0 Å². The highest BCUT2D eigenvalue weighted by Gasteiger charge is 1.96. The van der Waals surface area contributed by atoms with E-state index in [0.717, 1.165) is 19.1 Å². The number of hydrogen-bond donors (Lipinski definition) is 1. The molecule has 0 saturated heterocycles. The third-order valence-electron chi connectivity index (χ3n) is 2.29. The summed E-state index contributed by atoms with van der Waals surface area (Å²) in [5, 5.41) is 8.34. The molecule has 0 bridgehead atoms. The summed E-state index contributed by atoms with van der Waals surface area (Å²) >= 11 is 0. The summed E-state index contributed by atoms with van der Waals surface area (Å²) in [6, 6.07) is 0. The van der Waals surface area contributed by atoms with Gasteiger partial charge in [-0.15, -0.1) is 0 Å². The highest BCUT2D eigenvalue weighted by atomic mass is 16.2. The van der Waals surface area contributed by atoms with E-state index in [1.54, 1.807) is 0 Å². The number of rotatable bonds is 9. The van der Waals surface area contributed by atoms with Gasteiger partial charge in [0.05, 0.1) is 6.26 Å². The van der Waals surface area contributed by atoms with Crippen LogP contribution < -0.4 is 0 Å². The molecule has 0 aliphatic heterocycles. The van der Waals surface area contributed by atoms with Crippen molar-refractivity contribution in [3.8, 4) is 0 Å². The Labute approximate surface area is 87.0 Å². The summed E-state index contributed by atoms with van der Waals surface area (Å²) in [7, 11) is 0. The molecule has 1 N–H and O–H groups in total. The first kappa shape index (κ1) is 13.2. The van der Waals surface area contributed by atoms with Gasteiger partial charge in [-0.3, -0.25) is 4.79 Å². The molecule has 0 amide bonds. The number of aliphatic hydroxyl groups excluding tert-OH is 1. The van der Waals surface area contributed by atoms with E-state index in [1.165, 1.54) is 38.2 Å². The minimum Gasteiger partial charge on any atom is -0.515 e. The summed E-state index contributed by atoms with van der Waals surface area (Å²) in [5.41, 5.74) is 0. The van der Waals surface area contributed by atoms with Crippen molar-refractivity contribution in [3.05, 3.63) is 12.3 Å². The van der Waals surface area contributed by atoms with Crippen LogP contribution in [0.4, 0.5) is 0 Å². The number of unbranched alkanes of at least 4 members (excludes halogenated alkanes) is 6. The van der Waals surface area contributed by atoms with Crippen molar-refractivity contribution in [2.75, 3.05) is 0 Å². The number of hydrogen-bond acceptors (Lipinski definition) is 2. The van der Waals surface area contributed by atoms with Gasteiger partial charge in [0.15, 0.2) is 5.78 Å². The number of carbonyl (C=O) groups is 1. The maximum atomic E-state index is 10.9. The Morgan fingerprint density at radius 2 is 1.64 bits per heavy atom. The van der Waals surface area contributed by atoms with Gasteiger partial charge in [-0.25, -0.2) is 0 Å². The number of allylic oxidation sites excluding steroid dienone is 1. The lowest BCUT2D eigenvalue weighted by Crippen LogP contribution is -1.92. The molecule has 0 radical (unpaired) electrons. The normalized spacial score (nSPS) is 10.9. The summed E-state index contributed by atoms with van der Waals surface area (Å²) in [6.07, 6.45) is 11.2. The molecule has 0 aliphatic carbocycles. The fourth-order valence-electron chi connectivity index (χ4n) is 1.42. The number of carbonyl (C=O) groups excluding carboxylic acids is 1. The smallest absolute Gasteiger partial charge is 0.158 e. The lowest BCUT2D eigenvalue weighted by Gasteiger charge is -1.99. The molecule has 0 fully saturated rings. The Balaban J connectivity index is 3.09. The third kappa shape index (κ3) is 9.30. The zero-order valence-corrected chi connectivity index (χ0v) is 9.17. The molecule has 0 heterocycles. The van der Waals surface area contributed by atoms with E-state index < -0.39 is 0 Å². The van der Waals surface area contributed by atoms with Crippen molar-refractivity contribution in [3.63, 3.8) is 0 Å². The second kappa shape index (κ2) is 10.3. The van der Waals surface area contributed by atoms with E-state index in [2.05, 4.69) is 6.92 Å². The largest absolute Gasteiger partial charge is 0.515 e. The second-order valence-electron chi connectivity index (χ2n) is 3.65. The highest BCUT2D eigenvalue weighted by molar-refractivity contribution is 5.89. The summed E-state index contributed by atoms with van der Waals surface area (Å²) in [4.78, 5) is 10.9. The van der Waals surface area contributed by atoms with E-state index in [0.29, 0.717) is 6.42 Å². The molecule has 0 unspecified atom stereocenters. The first-order valence-corrected chi connectivity index (χ1v) is 5.64. The Morgan fingerprint density at radius 1 is 1.07 bits per heavy atom. The van der Waals surface area contributed by atoms with Crippen LogP contribution in [0.5, 0.6) is 0 Å². The molecule has 0 atom stereocenters. The second-order valence-corrected chi connectivity index (χ2v) is 3.65. The highest BCUT2D eigenvalue weighted by Crippen LogP contribution is 2.08. The average molecular weight is 198 g/mol. The summed E-state index contributed by atoms with van der Waals surface area (Å²) in [5.74, 6) is 0.0288. The van der Waals surface area contributed by atoms with Gasteiger partial charge < -0.3 is 5.11 Å². The average Bonchev–Trinajstić information content (AvgIpc) is 2.17. The van der Waals surface area contributed by atoms with Crippen LogP contribution >= 0.6 is 0 Å². The molecule has 2 heteroatoms. The van der Waals surface area contributed by atoms with Crippen LogP contribution in [0.3, 0.4) is 0 Å². The van der Waals surface area contributed by atoms with Crippen molar-refractivity contribution < 1.29 is 9.90 Å². The Hall–Kier alpha value is -0.790. The minimum atomic E-state index is 0.0288. The van der Waals surface area contributed by atoms with Crippen molar-refractivity contribution in [1.29, 1.82) is 0 Å². The molecule has 0 spiro atoms. The standard InChI is InChI=1S/C12H22O2/c1-2-3-4-5-6-7-8-9-12(14)10-11-13/h10-11,13H,2-9H2,1H3. The first-order chi connectivity index (χ1) is 6.81. The van der Waals surface area contributed by atoms with Crippen molar-refractivity contribution in [2.24, 2.45) is 0 Å². The van der Waals surface area contributed by atoms with Crippen LogP contribution in [0.25, 0.3) is 0 Å². The topological polar surface area (TPSA) is 37.3 Å². The van der Waals surface area contributed by atoms with Crippen molar-refractivity contribution in [2.45, 2.75) is 58.3 Å². The molecular formula is C12H22O2. The van der Waals surface area contributed by atoms with E-state index in [-0.39, 0.29) is 5.78 Å².